The largest absolute Gasteiger partial charge is 0.266 e. The fourth-order valence-electron chi connectivity index (χ4n) is 1.66. The van der Waals surface area contributed by atoms with Gasteiger partial charge in [0, 0.05) is 22.0 Å². The predicted octanol–water partition coefficient (Wildman–Crippen LogP) is 3.63. The number of aromatic nitrogens is 2. The Morgan fingerprint density at radius 2 is 2.20 bits per heavy atom. The first-order valence-corrected chi connectivity index (χ1v) is 9.28. The van der Waals surface area contributed by atoms with Crippen LogP contribution in [0.15, 0.2) is 27.0 Å². The number of nitrogens with one attached hydrogen (secondary N) is 1. The Balaban J connectivity index is 1.89. The Hall–Kier alpha value is -0.700. The highest BCUT2D eigenvalue weighted by atomic mass is 79.9. The molecule has 9 heteroatoms. The molecule has 1 aliphatic carbocycles. The first-order chi connectivity index (χ1) is 9.45. The van der Waals surface area contributed by atoms with Gasteiger partial charge >= 0.3 is 0 Å². The highest BCUT2D eigenvalue weighted by Gasteiger charge is 2.27. The first kappa shape index (κ1) is 14.2. The third-order valence-corrected chi connectivity index (χ3v) is 5.91. The van der Waals surface area contributed by atoms with Crippen LogP contribution in [-0.4, -0.2) is 18.4 Å². The average Bonchev–Trinajstić information content (AvgIpc) is 3.13. The normalized spacial score (nSPS) is 15.3. The Kier molecular flexibility index (Phi) is 3.74. The van der Waals surface area contributed by atoms with Gasteiger partial charge in [-0.3, -0.25) is 4.72 Å². The van der Waals surface area contributed by atoms with Crippen LogP contribution >= 0.6 is 38.9 Å². The van der Waals surface area contributed by atoms with Gasteiger partial charge in [0.05, 0.1) is 5.69 Å². The number of nitrogens with zero attached hydrogens (tertiary/aromatic N) is 2. The lowest BCUT2D eigenvalue weighted by Crippen LogP contribution is -2.14. The highest BCUT2D eigenvalue weighted by molar-refractivity contribution is 9.10. The van der Waals surface area contributed by atoms with Crippen LogP contribution in [0.4, 0.5) is 5.13 Å². The van der Waals surface area contributed by atoms with Crippen LogP contribution in [-0.2, 0) is 10.0 Å². The average molecular weight is 395 g/mol. The van der Waals surface area contributed by atoms with Crippen LogP contribution in [0.3, 0.4) is 0 Å². The lowest BCUT2D eigenvalue weighted by atomic mass is 10.3. The summed E-state index contributed by atoms with van der Waals surface area (Å²) in [5.74, 6) is 0.487. The van der Waals surface area contributed by atoms with Gasteiger partial charge in [0.25, 0.3) is 10.0 Å². The number of anilines is 1. The molecule has 2 heterocycles. The van der Waals surface area contributed by atoms with Crippen molar-refractivity contribution in [3.8, 4) is 0 Å². The molecule has 2 aromatic rings. The molecule has 1 fully saturated rings. The number of sulfonamides is 1. The molecule has 0 bridgehead atoms. The van der Waals surface area contributed by atoms with Gasteiger partial charge in [-0.2, -0.15) is 0 Å². The summed E-state index contributed by atoms with van der Waals surface area (Å²) in [6, 6.07) is 1.41. The van der Waals surface area contributed by atoms with Crippen LogP contribution in [0.25, 0.3) is 0 Å². The van der Waals surface area contributed by atoms with E-state index in [1.165, 1.54) is 23.6 Å². The summed E-state index contributed by atoms with van der Waals surface area (Å²) in [6.45, 7) is 0. The van der Waals surface area contributed by atoms with Crippen molar-refractivity contribution >= 4 is 54.0 Å². The van der Waals surface area contributed by atoms with Crippen molar-refractivity contribution in [2.45, 2.75) is 23.7 Å². The van der Waals surface area contributed by atoms with Crippen LogP contribution in [0.1, 0.15) is 24.5 Å². The summed E-state index contributed by atoms with van der Waals surface area (Å²) < 4.78 is 27.5. The van der Waals surface area contributed by atoms with E-state index in [-0.39, 0.29) is 10.0 Å². The summed E-state index contributed by atoms with van der Waals surface area (Å²) in [5.41, 5.74) is 0.950. The molecule has 0 atom stereocenters. The molecule has 0 aromatic carbocycles. The van der Waals surface area contributed by atoms with Gasteiger partial charge in [-0.25, -0.2) is 18.4 Å². The number of halogens is 2. The van der Waals surface area contributed by atoms with Gasteiger partial charge < -0.3 is 0 Å². The lowest BCUT2D eigenvalue weighted by molar-refractivity contribution is 0.600. The topological polar surface area (TPSA) is 72.0 Å². The molecule has 106 valence electrons. The molecule has 2 aromatic heterocycles. The van der Waals surface area contributed by atoms with Crippen molar-refractivity contribution in [2.75, 3.05) is 4.72 Å². The van der Waals surface area contributed by atoms with Gasteiger partial charge in [-0.15, -0.1) is 11.3 Å². The summed E-state index contributed by atoms with van der Waals surface area (Å²) in [4.78, 5) is 8.03. The van der Waals surface area contributed by atoms with Gasteiger partial charge in [-0.1, -0.05) is 11.6 Å². The Morgan fingerprint density at radius 1 is 1.45 bits per heavy atom. The van der Waals surface area contributed by atoms with Crippen molar-refractivity contribution < 1.29 is 8.42 Å². The molecule has 0 saturated heterocycles. The smallest absolute Gasteiger partial charge is 0.255 e. The number of rotatable bonds is 4. The second kappa shape index (κ2) is 5.25. The highest BCUT2D eigenvalue weighted by Crippen LogP contribution is 2.41. The van der Waals surface area contributed by atoms with E-state index >= 15 is 0 Å². The van der Waals surface area contributed by atoms with E-state index in [4.69, 9.17) is 11.6 Å². The fraction of sp³-hybridized carbons (Fsp3) is 0.273. The standard InChI is InChI=1S/C11H9BrClN3O2S2/c12-7-3-9(10(13)14-4-7)20(17,18)16-11-15-8(5-19-11)6-1-2-6/h3-6H,1-2H2,(H,15,16). The third-order valence-electron chi connectivity index (χ3n) is 2.80. The maximum atomic E-state index is 12.3. The van der Waals surface area contributed by atoms with Crippen LogP contribution in [0.5, 0.6) is 0 Å². The monoisotopic (exact) mass is 393 g/mol. The lowest BCUT2D eigenvalue weighted by Gasteiger charge is -2.06. The summed E-state index contributed by atoms with van der Waals surface area (Å²) >= 11 is 10.3. The molecule has 1 saturated carbocycles. The van der Waals surface area contributed by atoms with Gasteiger partial charge in [0.15, 0.2) is 5.13 Å². The van der Waals surface area contributed by atoms with Crippen molar-refractivity contribution in [2.24, 2.45) is 0 Å². The van der Waals surface area contributed by atoms with Gasteiger partial charge in [-0.05, 0) is 34.8 Å². The van der Waals surface area contributed by atoms with Crippen LogP contribution in [0.2, 0.25) is 5.15 Å². The second-order valence-electron chi connectivity index (χ2n) is 4.40. The third kappa shape index (κ3) is 2.98. The molecule has 20 heavy (non-hydrogen) atoms. The first-order valence-electron chi connectivity index (χ1n) is 5.75. The van der Waals surface area contributed by atoms with Crippen molar-refractivity contribution in [1.29, 1.82) is 0 Å². The molecule has 3 rings (SSSR count). The second-order valence-corrected chi connectivity index (χ2v) is 8.18. The maximum absolute atomic E-state index is 12.3. The zero-order chi connectivity index (χ0) is 14.3. The van der Waals surface area contributed by atoms with E-state index in [0.717, 1.165) is 18.5 Å². The number of hydrogen-bond donors (Lipinski definition) is 1. The van der Waals surface area contributed by atoms with Crippen molar-refractivity contribution in [3.63, 3.8) is 0 Å². The van der Waals surface area contributed by atoms with E-state index in [9.17, 15) is 8.42 Å². The molecular weight excluding hydrogens is 386 g/mol. The van der Waals surface area contributed by atoms with E-state index < -0.39 is 10.0 Å². The fourth-order valence-corrected chi connectivity index (χ4v) is 4.65. The minimum absolute atomic E-state index is 0.0697. The Bertz CT molecular complexity index is 759. The van der Waals surface area contributed by atoms with E-state index in [0.29, 0.717) is 15.5 Å². The minimum Gasteiger partial charge on any atom is -0.255 e. The Morgan fingerprint density at radius 3 is 2.90 bits per heavy atom. The molecule has 1 aliphatic rings. The number of thiazole rings is 1. The molecule has 1 N–H and O–H groups in total. The number of pyridine rings is 1. The quantitative estimate of drug-likeness (QED) is 0.804. The molecular formula is C11H9BrClN3O2S2. The zero-order valence-electron chi connectivity index (χ0n) is 10.0. The molecule has 0 unspecified atom stereocenters. The van der Waals surface area contributed by atoms with Crippen LogP contribution < -0.4 is 4.72 Å². The summed E-state index contributed by atoms with van der Waals surface area (Å²) in [5, 5.41) is 2.17. The summed E-state index contributed by atoms with van der Waals surface area (Å²) in [7, 11) is -3.78. The minimum atomic E-state index is -3.78. The van der Waals surface area contributed by atoms with Crippen molar-refractivity contribution in [1.82, 2.24) is 9.97 Å². The van der Waals surface area contributed by atoms with E-state index in [1.54, 1.807) is 0 Å². The van der Waals surface area contributed by atoms with Crippen LogP contribution in [0, 0.1) is 0 Å². The molecule has 0 spiro atoms. The van der Waals surface area contributed by atoms with E-state index in [1.807, 2.05) is 5.38 Å². The van der Waals surface area contributed by atoms with Gasteiger partial charge in [0.1, 0.15) is 10.0 Å². The SMILES string of the molecule is O=S(=O)(Nc1nc(C2CC2)cs1)c1cc(Br)cnc1Cl. The maximum Gasteiger partial charge on any atom is 0.266 e. The molecule has 0 radical (unpaired) electrons. The molecule has 0 aliphatic heterocycles. The summed E-state index contributed by atoms with van der Waals surface area (Å²) in [6.07, 6.45) is 3.69. The number of hydrogen-bond acceptors (Lipinski definition) is 5. The zero-order valence-corrected chi connectivity index (χ0v) is 14.0. The van der Waals surface area contributed by atoms with E-state index in [2.05, 4.69) is 30.6 Å². The molecule has 0 amide bonds. The Labute approximate surface area is 133 Å². The predicted molar refractivity (Wildman–Crippen MR) is 81.8 cm³/mol. The molecule has 5 nitrogen and oxygen atoms in total. The van der Waals surface area contributed by atoms with Gasteiger partial charge in [0.2, 0.25) is 0 Å². The van der Waals surface area contributed by atoms with Crippen molar-refractivity contribution in [3.05, 3.63) is 33.0 Å².